The molecule has 0 fully saturated rings. The van der Waals surface area contributed by atoms with Gasteiger partial charge in [0.05, 0.1) is 16.8 Å². The van der Waals surface area contributed by atoms with Crippen molar-refractivity contribution in [3.8, 4) is 22.9 Å². The van der Waals surface area contributed by atoms with Gasteiger partial charge >= 0.3 is 0 Å². The van der Waals surface area contributed by atoms with Crippen molar-refractivity contribution in [2.24, 2.45) is 7.05 Å². The average molecular weight is 498 g/mol. The number of aryl methyl sites for hydroxylation is 3. The molecule has 2 heterocycles. The minimum Gasteiger partial charge on any atom is -0.439 e. The maximum atomic E-state index is 12.7. The van der Waals surface area contributed by atoms with Gasteiger partial charge in [-0.3, -0.25) is 9.40 Å². The van der Waals surface area contributed by atoms with Crippen molar-refractivity contribution in [3.63, 3.8) is 0 Å². The molecule has 1 N–H and O–H groups in total. The molecule has 7 nitrogen and oxygen atoms in total. The minimum absolute atomic E-state index is 0.203. The first kappa shape index (κ1) is 21.2. The summed E-state index contributed by atoms with van der Waals surface area (Å²) in [5, 5.41) is 4.06. The summed E-state index contributed by atoms with van der Waals surface area (Å²) in [6, 6.07) is 15.3. The smallest absolute Gasteiger partial charge is 0.238 e. The van der Waals surface area contributed by atoms with E-state index in [-0.39, 0.29) is 5.95 Å². The quantitative estimate of drug-likeness (QED) is 0.396. The number of benzene rings is 2. The molecule has 0 aliphatic carbocycles. The fraction of sp³-hybridized carbons (Fsp3) is 0.136. The Morgan fingerprint density at radius 1 is 1.06 bits per heavy atom. The second kappa shape index (κ2) is 8.99. The van der Waals surface area contributed by atoms with Crippen LogP contribution in [0.2, 0.25) is 0 Å². The van der Waals surface area contributed by atoms with Crippen LogP contribution in [0.4, 0.5) is 5.95 Å². The topological polar surface area (TPSA) is 81.9 Å². The zero-order chi connectivity index (χ0) is 22.0. The van der Waals surface area contributed by atoms with Crippen molar-refractivity contribution < 1.29 is 8.95 Å². The van der Waals surface area contributed by atoms with Crippen LogP contribution >= 0.6 is 15.9 Å². The highest BCUT2D eigenvalue weighted by Crippen LogP contribution is 2.31. The third-order valence-electron chi connectivity index (χ3n) is 4.56. The van der Waals surface area contributed by atoms with Crippen LogP contribution < -0.4 is 9.46 Å². The molecule has 0 saturated carbocycles. The summed E-state index contributed by atoms with van der Waals surface area (Å²) < 4.78 is 24.1. The van der Waals surface area contributed by atoms with Gasteiger partial charge in [0, 0.05) is 29.3 Å². The summed E-state index contributed by atoms with van der Waals surface area (Å²) in [6.45, 7) is 4.06. The number of hydrogen-bond acceptors (Lipinski definition) is 5. The van der Waals surface area contributed by atoms with Crippen LogP contribution in [-0.4, -0.2) is 24.0 Å². The second-order valence-corrected chi connectivity index (χ2v) is 9.09. The fourth-order valence-corrected chi connectivity index (χ4v) is 4.16. The number of hydrogen-bond donors (Lipinski definition) is 1. The van der Waals surface area contributed by atoms with E-state index in [1.807, 2.05) is 56.3 Å². The van der Waals surface area contributed by atoms with Crippen LogP contribution in [0.3, 0.4) is 0 Å². The first-order chi connectivity index (χ1) is 14.9. The number of ether oxygens (including phenoxy) is 1. The zero-order valence-corrected chi connectivity index (χ0v) is 19.6. The molecule has 0 aliphatic rings. The van der Waals surface area contributed by atoms with Gasteiger partial charge in [0.1, 0.15) is 5.75 Å². The molecule has 1 atom stereocenters. The number of halogens is 1. The maximum Gasteiger partial charge on any atom is 0.238 e. The molecule has 0 amide bonds. The molecule has 2 aromatic heterocycles. The van der Waals surface area contributed by atoms with Crippen LogP contribution in [-0.2, 0) is 18.0 Å². The van der Waals surface area contributed by atoms with Crippen molar-refractivity contribution in [2.75, 3.05) is 4.72 Å². The summed E-state index contributed by atoms with van der Waals surface area (Å²) in [6.07, 6.45) is 3.22. The summed E-state index contributed by atoms with van der Waals surface area (Å²) in [7, 11) is 0.200. The van der Waals surface area contributed by atoms with Crippen LogP contribution in [0.1, 0.15) is 11.1 Å². The Balaban J connectivity index is 1.74. The van der Waals surface area contributed by atoms with Crippen molar-refractivity contribution in [3.05, 3.63) is 76.5 Å². The normalized spacial score (nSPS) is 11.9. The number of nitrogens with one attached hydrogen (secondary N) is 1. The van der Waals surface area contributed by atoms with Crippen LogP contribution in [0.5, 0.6) is 11.6 Å². The molecule has 4 rings (SSSR count). The first-order valence-electron chi connectivity index (χ1n) is 9.45. The van der Waals surface area contributed by atoms with E-state index in [0.717, 1.165) is 21.2 Å². The third kappa shape index (κ3) is 5.00. The molecule has 0 radical (unpaired) electrons. The number of aromatic nitrogens is 4. The Kier molecular flexibility index (Phi) is 6.15. The maximum absolute atomic E-state index is 12.7. The third-order valence-corrected chi connectivity index (χ3v) is 6.09. The van der Waals surface area contributed by atoms with Crippen LogP contribution in [0.15, 0.2) is 70.3 Å². The molecule has 0 spiro atoms. The van der Waals surface area contributed by atoms with Gasteiger partial charge in [0.2, 0.25) is 11.8 Å². The van der Waals surface area contributed by atoms with Crippen LogP contribution in [0.25, 0.3) is 11.3 Å². The lowest BCUT2D eigenvalue weighted by Gasteiger charge is -2.13. The molecular weight excluding hydrogens is 478 g/mol. The Labute approximate surface area is 191 Å². The lowest BCUT2D eigenvalue weighted by molar-refractivity contribution is 0.463. The molecule has 158 valence electrons. The Morgan fingerprint density at radius 2 is 1.77 bits per heavy atom. The summed E-state index contributed by atoms with van der Waals surface area (Å²) in [5.74, 6) is 1.18. The highest BCUT2D eigenvalue weighted by molar-refractivity contribution is 9.10. The molecule has 9 heteroatoms. The zero-order valence-electron chi connectivity index (χ0n) is 17.2. The molecule has 0 aliphatic heterocycles. The van der Waals surface area contributed by atoms with E-state index in [1.54, 1.807) is 24.0 Å². The lowest BCUT2D eigenvalue weighted by Crippen LogP contribution is -2.09. The van der Waals surface area contributed by atoms with Crippen LogP contribution in [0, 0.1) is 13.8 Å². The monoisotopic (exact) mass is 497 g/mol. The Bertz CT molecular complexity index is 1240. The van der Waals surface area contributed by atoms with E-state index in [9.17, 15) is 4.21 Å². The van der Waals surface area contributed by atoms with E-state index < -0.39 is 11.0 Å². The highest BCUT2D eigenvalue weighted by Gasteiger charge is 2.15. The van der Waals surface area contributed by atoms with Gasteiger partial charge < -0.3 is 4.74 Å². The lowest BCUT2D eigenvalue weighted by atomic mass is 10.00. The largest absolute Gasteiger partial charge is 0.439 e. The molecule has 2 aromatic carbocycles. The van der Waals surface area contributed by atoms with Gasteiger partial charge in [-0.1, -0.05) is 34.1 Å². The highest BCUT2D eigenvalue weighted by atomic mass is 79.9. The predicted octanol–water partition coefficient (Wildman–Crippen LogP) is 5.18. The summed E-state index contributed by atoms with van der Waals surface area (Å²) >= 11 is 3.42. The van der Waals surface area contributed by atoms with Gasteiger partial charge in [-0.2, -0.15) is 10.1 Å². The summed E-state index contributed by atoms with van der Waals surface area (Å²) in [4.78, 5) is 9.58. The number of anilines is 1. The molecular formula is C22H20BrN5O2S. The minimum atomic E-state index is -1.57. The Hall–Kier alpha value is -3.04. The van der Waals surface area contributed by atoms with E-state index in [2.05, 4.69) is 35.7 Å². The van der Waals surface area contributed by atoms with Crippen molar-refractivity contribution in [2.45, 2.75) is 18.7 Å². The van der Waals surface area contributed by atoms with E-state index in [0.29, 0.717) is 22.2 Å². The standard InChI is InChI=1S/C22H20BrN5O2S/c1-14-5-4-6-15(2)21(14)19-11-20(30-17-9-7-16(23)8-10-17)26-22(25-19)27-31(29)18-12-24-28(3)13-18/h4-13H,1-3H3,(H,25,26,27). The SMILES string of the molecule is Cc1cccc(C)c1-c1cc(Oc2ccc(Br)cc2)nc(NS(=O)c2cnn(C)c2)n1. The van der Waals surface area contributed by atoms with Crippen molar-refractivity contribution in [1.82, 2.24) is 19.7 Å². The van der Waals surface area contributed by atoms with E-state index >= 15 is 0 Å². The molecule has 0 bridgehead atoms. The molecule has 0 saturated heterocycles. The second-order valence-electron chi connectivity index (χ2n) is 6.96. The van der Waals surface area contributed by atoms with Crippen molar-refractivity contribution in [1.29, 1.82) is 0 Å². The van der Waals surface area contributed by atoms with Crippen molar-refractivity contribution >= 4 is 32.9 Å². The molecule has 31 heavy (non-hydrogen) atoms. The van der Waals surface area contributed by atoms with Gasteiger partial charge in [-0.25, -0.2) is 9.19 Å². The summed E-state index contributed by atoms with van der Waals surface area (Å²) in [5.41, 5.74) is 3.82. The molecule has 1 unspecified atom stereocenters. The Morgan fingerprint density at radius 3 is 2.42 bits per heavy atom. The van der Waals surface area contributed by atoms with Gasteiger partial charge in [0.25, 0.3) is 0 Å². The molecule has 4 aromatic rings. The number of rotatable bonds is 6. The first-order valence-corrected chi connectivity index (χ1v) is 11.4. The van der Waals surface area contributed by atoms with E-state index in [4.69, 9.17) is 4.74 Å². The number of nitrogens with zero attached hydrogens (tertiary/aromatic N) is 4. The average Bonchev–Trinajstić information content (AvgIpc) is 3.16. The van der Waals surface area contributed by atoms with Gasteiger partial charge in [-0.15, -0.1) is 0 Å². The predicted molar refractivity (Wildman–Crippen MR) is 124 cm³/mol. The van der Waals surface area contributed by atoms with Gasteiger partial charge in [0.15, 0.2) is 11.0 Å². The van der Waals surface area contributed by atoms with Gasteiger partial charge in [-0.05, 0) is 49.2 Å². The van der Waals surface area contributed by atoms with E-state index in [1.165, 1.54) is 6.20 Å². The fourth-order valence-electron chi connectivity index (χ4n) is 3.13.